The molecule has 1 aromatic carbocycles. The second-order valence-corrected chi connectivity index (χ2v) is 6.74. The van der Waals surface area contributed by atoms with Crippen LogP contribution in [0, 0.1) is 5.92 Å². The smallest absolute Gasteiger partial charge is 0.0512 e. The number of aliphatic hydroxyl groups is 1. The van der Waals surface area contributed by atoms with E-state index in [9.17, 15) is 0 Å². The number of allylic oxidation sites excluding steroid dienone is 1. The predicted octanol–water partition coefficient (Wildman–Crippen LogP) is 6.04. The van der Waals surface area contributed by atoms with Crippen molar-refractivity contribution in [2.45, 2.75) is 72.8 Å². The first-order chi connectivity index (χ1) is 9.82. The van der Waals surface area contributed by atoms with Crippen LogP contribution >= 0.6 is 0 Å². The van der Waals surface area contributed by atoms with Gasteiger partial charge in [0.25, 0.3) is 0 Å². The van der Waals surface area contributed by atoms with Gasteiger partial charge >= 0.3 is 0 Å². The molecule has 0 unspecified atom stereocenters. The molecular weight excluding hydrogens is 256 g/mol. The van der Waals surface area contributed by atoms with Crippen molar-refractivity contribution >= 4 is 6.08 Å². The lowest BCUT2D eigenvalue weighted by atomic mass is 10.0. The zero-order valence-corrected chi connectivity index (χ0v) is 14.8. The first-order valence-corrected chi connectivity index (χ1v) is 8.27. The lowest BCUT2D eigenvalue weighted by Gasteiger charge is -2.05. The quantitative estimate of drug-likeness (QED) is 0.633. The molecule has 1 aromatic rings. The van der Waals surface area contributed by atoms with Crippen LogP contribution in [-0.4, -0.2) is 11.2 Å². The summed E-state index contributed by atoms with van der Waals surface area (Å²) in [6.45, 7) is 12.8. The van der Waals surface area contributed by atoms with E-state index >= 15 is 0 Å². The summed E-state index contributed by atoms with van der Waals surface area (Å²) in [5.74, 6) is 1.42. The topological polar surface area (TPSA) is 20.2 Å². The number of hydrogen-bond donors (Lipinski definition) is 1. The third-order valence-corrected chi connectivity index (χ3v) is 2.88. The third-order valence-electron chi connectivity index (χ3n) is 2.88. The highest BCUT2D eigenvalue weighted by Crippen LogP contribution is 2.16. The molecule has 0 aromatic heterocycles. The van der Waals surface area contributed by atoms with Crippen LogP contribution in [0.15, 0.2) is 30.3 Å². The van der Waals surface area contributed by atoms with Crippen LogP contribution in [0.2, 0.25) is 0 Å². The van der Waals surface area contributed by atoms with Crippen molar-refractivity contribution in [3.05, 3.63) is 41.5 Å². The largest absolute Gasteiger partial charge is 0.393 e. The van der Waals surface area contributed by atoms with Gasteiger partial charge in [-0.15, -0.1) is 0 Å². The van der Waals surface area contributed by atoms with E-state index in [0.717, 1.165) is 25.2 Å². The summed E-state index contributed by atoms with van der Waals surface area (Å²) in [5, 5.41) is 9.14. The number of unbranched alkanes of at least 4 members (excludes halogenated alkanes) is 1. The Morgan fingerprint density at radius 3 is 2.19 bits per heavy atom. The highest BCUT2D eigenvalue weighted by atomic mass is 16.3. The molecule has 1 rings (SSSR count). The Hall–Kier alpha value is -1.08. The average molecular weight is 290 g/mol. The van der Waals surface area contributed by atoms with Crippen LogP contribution in [0.25, 0.3) is 6.08 Å². The summed E-state index contributed by atoms with van der Waals surface area (Å²) in [7, 11) is 0. The molecule has 120 valence electrons. The first kappa shape index (κ1) is 19.9. The molecule has 0 heterocycles. The van der Waals surface area contributed by atoms with Gasteiger partial charge in [-0.3, -0.25) is 0 Å². The zero-order valence-electron chi connectivity index (χ0n) is 14.8. The standard InChI is InChI=1S/C16H24O.C4H10/c1-13(2)16-11-7-10-15(12-16)9-6-4-5-8-14(3)17;1-4(2)3/h6-7,9-14,17H,4-5,8H2,1-3H3;4H,1-3H3/b9-6+;/t14-;/m0./s1. The normalized spacial score (nSPS) is 12.6. The molecule has 0 aliphatic heterocycles. The molecule has 0 saturated carbocycles. The lowest BCUT2D eigenvalue weighted by Crippen LogP contribution is -1.97. The van der Waals surface area contributed by atoms with Crippen LogP contribution in [-0.2, 0) is 0 Å². The molecule has 0 saturated heterocycles. The molecule has 1 nitrogen and oxygen atoms in total. The summed E-state index contributed by atoms with van der Waals surface area (Å²) in [5.41, 5.74) is 2.66. The van der Waals surface area contributed by atoms with Gasteiger partial charge in [-0.1, -0.05) is 71.0 Å². The molecule has 1 N–H and O–H groups in total. The second kappa shape index (κ2) is 11.6. The van der Waals surface area contributed by atoms with Crippen molar-refractivity contribution in [2.24, 2.45) is 5.92 Å². The van der Waals surface area contributed by atoms with Gasteiger partial charge in [-0.25, -0.2) is 0 Å². The fraction of sp³-hybridized carbons (Fsp3) is 0.600. The van der Waals surface area contributed by atoms with Crippen LogP contribution < -0.4 is 0 Å². The molecule has 21 heavy (non-hydrogen) atoms. The van der Waals surface area contributed by atoms with Crippen molar-refractivity contribution in [3.8, 4) is 0 Å². The minimum atomic E-state index is -0.173. The first-order valence-electron chi connectivity index (χ1n) is 8.27. The van der Waals surface area contributed by atoms with Gasteiger partial charge in [0.05, 0.1) is 6.10 Å². The lowest BCUT2D eigenvalue weighted by molar-refractivity contribution is 0.182. The van der Waals surface area contributed by atoms with E-state index < -0.39 is 0 Å². The minimum Gasteiger partial charge on any atom is -0.393 e. The Morgan fingerprint density at radius 2 is 1.67 bits per heavy atom. The van der Waals surface area contributed by atoms with Crippen molar-refractivity contribution in [1.82, 2.24) is 0 Å². The molecule has 1 atom stereocenters. The molecule has 0 aliphatic carbocycles. The Labute approximate surface area is 132 Å². The van der Waals surface area contributed by atoms with Crippen LogP contribution in [0.1, 0.15) is 77.8 Å². The average Bonchev–Trinajstić information content (AvgIpc) is 2.37. The van der Waals surface area contributed by atoms with Crippen molar-refractivity contribution < 1.29 is 5.11 Å². The van der Waals surface area contributed by atoms with Gasteiger partial charge in [0.15, 0.2) is 0 Å². The van der Waals surface area contributed by atoms with Gasteiger partial charge in [-0.05, 0) is 49.1 Å². The monoisotopic (exact) mass is 290 g/mol. The van der Waals surface area contributed by atoms with Crippen LogP contribution in [0.3, 0.4) is 0 Å². The summed E-state index contributed by atoms with van der Waals surface area (Å²) in [6, 6.07) is 8.67. The summed E-state index contributed by atoms with van der Waals surface area (Å²) >= 11 is 0. The maximum atomic E-state index is 9.14. The highest BCUT2D eigenvalue weighted by molar-refractivity contribution is 5.50. The maximum Gasteiger partial charge on any atom is 0.0512 e. The van der Waals surface area contributed by atoms with E-state index in [-0.39, 0.29) is 6.10 Å². The molecule has 0 radical (unpaired) electrons. The fourth-order valence-electron chi connectivity index (χ4n) is 1.77. The Morgan fingerprint density at radius 1 is 1.05 bits per heavy atom. The molecule has 0 aliphatic rings. The SMILES string of the molecule is CC(C)C.CC(C)c1cccc(/C=C/CCC[C@H](C)O)c1. The molecule has 0 amide bonds. The number of benzene rings is 1. The summed E-state index contributed by atoms with van der Waals surface area (Å²) < 4.78 is 0. The van der Waals surface area contributed by atoms with Gasteiger partial charge in [0, 0.05) is 0 Å². The van der Waals surface area contributed by atoms with Crippen molar-refractivity contribution in [3.63, 3.8) is 0 Å². The van der Waals surface area contributed by atoms with Gasteiger partial charge < -0.3 is 5.11 Å². The Bertz CT molecular complexity index is 386. The molecular formula is C20H34O. The maximum absolute atomic E-state index is 9.14. The second-order valence-electron chi connectivity index (χ2n) is 6.74. The Kier molecular flexibility index (Phi) is 11.0. The van der Waals surface area contributed by atoms with Gasteiger partial charge in [0.2, 0.25) is 0 Å². The predicted molar refractivity (Wildman–Crippen MR) is 95.6 cm³/mol. The molecule has 0 spiro atoms. The number of hydrogen-bond acceptors (Lipinski definition) is 1. The fourth-order valence-corrected chi connectivity index (χ4v) is 1.77. The minimum absolute atomic E-state index is 0.173. The van der Waals surface area contributed by atoms with E-state index in [4.69, 9.17) is 5.11 Å². The van der Waals surface area contributed by atoms with Crippen molar-refractivity contribution in [1.29, 1.82) is 0 Å². The molecule has 0 bridgehead atoms. The number of rotatable bonds is 6. The molecule has 0 fully saturated rings. The van der Waals surface area contributed by atoms with E-state index in [0.29, 0.717) is 5.92 Å². The molecule has 1 heteroatoms. The van der Waals surface area contributed by atoms with Gasteiger partial charge in [-0.2, -0.15) is 0 Å². The highest BCUT2D eigenvalue weighted by Gasteiger charge is 1.98. The van der Waals surface area contributed by atoms with E-state index in [1.165, 1.54) is 11.1 Å². The third kappa shape index (κ3) is 12.4. The van der Waals surface area contributed by atoms with Crippen LogP contribution in [0.4, 0.5) is 0 Å². The van der Waals surface area contributed by atoms with Gasteiger partial charge in [0.1, 0.15) is 0 Å². The Balaban J connectivity index is 0.000000885. The van der Waals surface area contributed by atoms with Crippen LogP contribution in [0.5, 0.6) is 0 Å². The van der Waals surface area contributed by atoms with E-state index in [2.05, 4.69) is 71.0 Å². The number of aliphatic hydroxyl groups excluding tert-OH is 1. The van der Waals surface area contributed by atoms with Crippen molar-refractivity contribution in [2.75, 3.05) is 0 Å². The van der Waals surface area contributed by atoms with E-state index in [1.54, 1.807) is 0 Å². The zero-order chi connectivity index (χ0) is 16.3. The summed E-state index contributed by atoms with van der Waals surface area (Å²) in [6.07, 6.45) is 7.17. The van der Waals surface area contributed by atoms with E-state index in [1.807, 2.05) is 6.92 Å². The summed E-state index contributed by atoms with van der Waals surface area (Å²) in [4.78, 5) is 0.